The van der Waals surface area contributed by atoms with Gasteiger partial charge in [0.05, 0.1) is 18.4 Å². The van der Waals surface area contributed by atoms with Crippen LogP contribution in [0.1, 0.15) is 15.9 Å². The van der Waals surface area contributed by atoms with E-state index in [2.05, 4.69) is 8.92 Å². The highest BCUT2D eigenvalue weighted by Gasteiger charge is 2.48. The lowest BCUT2D eigenvalue weighted by Crippen LogP contribution is -2.28. The largest absolute Gasteiger partial charge is 0.534 e. The molecule has 0 aliphatic heterocycles. The third-order valence-electron chi connectivity index (χ3n) is 3.33. The molecule has 0 unspecified atom stereocenters. The van der Waals surface area contributed by atoms with Gasteiger partial charge in [0, 0.05) is 0 Å². The van der Waals surface area contributed by atoms with Crippen LogP contribution in [0.3, 0.4) is 0 Å². The molecule has 0 aliphatic carbocycles. The van der Waals surface area contributed by atoms with E-state index in [4.69, 9.17) is 4.74 Å². The summed E-state index contributed by atoms with van der Waals surface area (Å²) in [6.07, 6.45) is -1.12. The van der Waals surface area contributed by atoms with Gasteiger partial charge in [0.1, 0.15) is 6.61 Å². The summed E-state index contributed by atoms with van der Waals surface area (Å²) in [6, 6.07) is 11.1. The first-order valence-electron chi connectivity index (χ1n) is 7.74. The van der Waals surface area contributed by atoms with Crippen molar-refractivity contribution in [3.05, 3.63) is 59.7 Å². The van der Waals surface area contributed by atoms with Crippen molar-refractivity contribution >= 4 is 27.9 Å². The summed E-state index contributed by atoms with van der Waals surface area (Å²) < 4.78 is 73.7. The van der Waals surface area contributed by atoms with E-state index >= 15 is 0 Å². The molecule has 8 nitrogen and oxygen atoms in total. The monoisotopic (exact) mass is 433 g/mol. The number of hydrogen-bond acceptors (Lipinski definition) is 7. The standard InChI is InChI=1S/C17H14F3NO7S/c1-26-15(22)12-7-8-14(28-29(24,25)17(18,19)20)13(9-12)21-16(23)27-10-11-5-3-2-4-6-11/h2-9H,10H2,1H3,(H,21,23). The summed E-state index contributed by atoms with van der Waals surface area (Å²) in [4.78, 5) is 23.6. The van der Waals surface area contributed by atoms with Gasteiger partial charge in [-0.05, 0) is 23.8 Å². The van der Waals surface area contributed by atoms with Gasteiger partial charge in [0.2, 0.25) is 0 Å². The Labute approximate surface area is 163 Å². The zero-order chi connectivity index (χ0) is 21.7. The number of hydrogen-bond donors (Lipinski definition) is 1. The fourth-order valence-corrected chi connectivity index (χ4v) is 2.46. The van der Waals surface area contributed by atoms with Crippen molar-refractivity contribution in [3.63, 3.8) is 0 Å². The second kappa shape index (κ2) is 8.82. The summed E-state index contributed by atoms with van der Waals surface area (Å²) >= 11 is 0. The summed E-state index contributed by atoms with van der Waals surface area (Å²) in [5.41, 5.74) is -5.79. The Hall–Kier alpha value is -3.28. The Morgan fingerprint density at radius 2 is 1.72 bits per heavy atom. The maximum atomic E-state index is 12.6. The molecule has 29 heavy (non-hydrogen) atoms. The van der Waals surface area contributed by atoms with Gasteiger partial charge in [-0.15, -0.1) is 0 Å². The molecule has 0 radical (unpaired) electrons. The van der Waals surface area contributed by atoms with Crippen LogP contribution < -0.4 is 9.50 Å². The summed E-state index contributed by atoms with van der Waals surface area (Å²) in [5, 5.41) is 2.05. The molecule has 156 valence electrons. The van der Waals surface area contributed by atoms with Crippen LogP contribution in [0.2, 0.25) is 0 Å². The average Bonchev–Trinajstić information content (AvgIpc) is 2.67. The minimum atomic E-state index is -6.01. The van der Waals surface area contributed by atoms with Gasteiger partial charge in [-0.2, -0.15) is 21.6 Å². The molecule has 0 saturated carbocycles. The van der Waals surface area contributed by atoms with Crippen LogP contribution in [0.4, 0.5) is 23.7 Å². The molecule has 0 bridgehead atoms. The van der Waals surface area contributed by atoms with E-state index in [1.54, 1.807) is 30.3 Å². The van der Waals surface area contributed by atoms with E-state index in [9.17, 15) is 31.2 Å². The topological polar surface area (TPSA) is 108 Å². The molecule has 0 heterocycles. The van der Waals surface area contributed by atoms with Crippen LogP contribution in [0.15, 0.2) is 48.5 Å². The Morgan fingerprint density at radius 3 is 2.31 bits per heavy atom. The quantitative estimate of drug-likeness (QED) is 0.422. The molecular weight excluding hydrogens is 419 g/mol. The molecule has 0 saturated heterocycles. The van der Waals surface area contributed by atoms with E-state index in [1.165, 1.54) is 0 Å². The Bertz CT molecular complexity index is 992. The van der Waals surface area contributed by atoms with E-state index < -0.39 is 39.1 Å². The number of methoxy groups -OCH3 is 1. The normalized spacial score (nSPS) is 11.4. The van der Waals surface area contributed by atoms with Crippen LogP contribution >= 0.6 is 0 Å². The second-order valence-electron chi connectivity index (χ2n) is 5.37. The molecule has 0 spiro atoms. The minimum absolute atomic E-state index is 0.166. The average molecular weight is 433 g/mol. The van der Waals surface area contributed by atoms with E-state index in [1.807, 2.05) is 5.32 Å². The fourth-order valence-electron chi connectivity index (χ4n) is 1.98. The molecule has 1 amide bonds. The lowest BCUT2D eigenvalue weighted by atomic mass is 10.2. The number of benzene rings is 2. The van der Waals surface area contributed by atoms with Crippen LogP contribution in [0.5, 0.6) is 5.75 Å². The molecule has 2 aromatic carbocycles. The molecule has 1 N–H and O–H groups in total. The molecule has 0 fully saturated rings. The lowest BCUT2D eigenvalue weighted by molar-refractivity contribution is -0.0499. The van der Waals surface area contributed by atoms with Crippen molar-refractivity contribution in [3.8, 4) is 5.75 Å². The Morgan fingerprint density at radius 1 is 1.07 bits per heavy atom. The van der Waals surface area contributed by atoms with Crippen LogP contribution in [0.25, 0.3) is 0 Å². The van der Waals surface area contributed by atoms with Gasteiger partial charge in [-0.3, -0.25) is 5.32 Å². The highest BCUT2D eigenvalue weighted by molar-refractivity contribution is 7.88. The van der Waals surface area contributed by atoms with E-state index in [0.717, 1.165) is 25.3 Å². The smallest absolute Gasteiger partial charge is 0.465 e. The summed E-state index contributed by atoms with van der Waals surface area (Å²) in [6.45, 7) is -0.166. The summed E-state index contributed by atoms with van der Waals surface area (Å²) in [5.74, 6) is -1.75. The Balaban J connectivity index is 2.26. The van der Waals surface area contributed by atoms with Crippen molar-refractivity contribution in [2.24, 2.45) is 0 Å². The van der Waals surface area contributed by atoms with Gasteiger partial charge >= 0.3 is 27.7 Å². The fraction of sp³-hybridized carbons (Fsp3) is 0.176. The number of amides is 1. The number of ether oxygens (including phenoxy) is 2. The van der Waals surface area contributed by atoms with Gasteiger partial charge < -0.3 is 13.7 Å². The molecule has 0 atom stereocenters. The van der Waals surface area contributed by atoms with Crippen LogP contribution in [0, 0.1) is 0 Å². The number of halogens is 3. The first-order valence-corrected chi connectivity index (χ1v) is 9.15. The molecular formula is C17H14F3NO7S. The van der Waals surface area contributed by atoms with Gasteiger partial charge in [0.25, 0.3) is 0 Å². The number of carbonyl (C=O) groups is 2. The van der Waals surface area contributed by atoms with Crippen molar-refractivity contribution in [2.45, 2.75) is 12.1 Å². The van der Waals surface area contributed by atoms with E-state index in [-0.39, 0.29) is 12.2 Å². The molecule has 12 heteroatoms. The van der Waals surface area contributed by atoms with Crippen molar-refractivity contribution in [1.82, 2.24) is 0 Å². The highest BCUT2D eigenvalue weighted by atomic mass is 32.2. The molecule has 0 aliphatic rings. The number of rotatable bonds is 6. The summed E-state index contributed by atoms with van der Waals surface area (Å²) in [7, 11) is -4.95. The van der Waals surface area contributed by atoms with Crippen molar-refractivity contribution < 1.29 is 44.8 Å². The molecule has 2 aromatic rings. The minimum Gasteiger partial charge on any atom is -0.465 e. The lowest BCUT2D eigenvalue weighted by Gasteiger charge is -2.14. The number of anilines is 1. The second-order valence-corrected chi connectivity index (χ2v) is 6.91. The number of nitrogens with one attached hydrogen (secondary N) is 1. The van der Waals surface area contributed by atoms with Gasteiger partial charge in [-0.1, -0.05) is 30.3 Å². The van der Waals surface area contributed by atoms with Crippen LogP contribution in [-0.4, -0.2) is 33.1 Å². The zero-order valence-electron chi connectivity index (χ0n) is 14.7. The van der Waals surface area contributed by atoms with E-state index in [0.29, 0.717) is 5.56 Å². The Kier molecular flexibility index (Phi) is 6.69. The third kappa shape index (κ3) is 5.85. The molecule has 2 rings (SSSR count). The van der Waals surface area contributed by atoms with Gasteiger partial charge in [-0.25, -0.2) is 9.59 Å². The first kappa shape index (κ1) is 22.0. The predicted molar refractivity (Wildman–Crippen MR) is 93.6 cm³/mol. The van der Waals surface area contributed by atoms with Crippen molar-refractivity contribution in [1.29, 1.82) is 0 Å². The van der Waals surface area contributed by atoms with Crippen LogP contribution in [-0.2, 0) is 26.2 Å². The highest BCUT2D eigenvalue weighted by Crippen LogP contribution is 2.32. The maximum absolute atomic E-state index is 12.6. The number of carbonyl (C=O) groups excluding carboxylic acids is 2. The SMILES string of the molecule is COC(=O)c1ccc(OS(=O)(=O)C(F)(F)F)c(NC(=O)OCc2ccccc2)c1. The number of esters is 1. The van der Waals surface area contributed by atoms with Gasteiger partial charge in [0.15, 0.2) is 5.75 Å². The number of alkyl halides is 3. The third-order valence-corrected chi connectivity index (χ3v) is 4.30. The van der Waals surface area contributed by atoms with Crippen molar-refractivity contribution in [2.75, 3.05) is 12.4 Å². The predicted octanol–water partition coefficient (Wildman–Crippen LogP) is 3.45. The zero-order valence-corrected chi connectivity index (χ0v) is 15.5. The maximum Gasteiger partial charge on any atom is 0.534 e. The first-order chi connectivity index (χ1) is 13.5. The molecule has 0 aromatic heterocycles.